The highest BCUT2D eigenvalue weighted by molar-refractivity contribution is 5.27. The fraction of sp³-hybridized carbons (Fsp3) is 0.350. The minimum atomic E-state index is 0.668. The van der Waals surface area contributed by atoms with Crippen molar-refractivity contribution in [2.45, 2.75) is 32.4 Å². The maximum atomic E-state index is 5.91. The molecule has 1 aromatic heterocycles. The Balaban J connectivity index is 1.41. The van der Waals surface area contributed by atoms with E-state index in [9.17, 15) is 0 Å². The molecule has 1 N–H and O–H groups in total. The zero-order valence-electron chi connectivity index (χ0n) is 13.4. The van der Waals surface area contributed by atoms with Crippen LogP contribution in [0.15, 0.2) is 60.9 Å². The first-order valence-electron chi connectivity index (χ1n) is 8.36. The van der Waals surface area contributed by atoms with Crippen molar-refractivity contribution in [3.05, 3.63) is 72.1 Å². The number of aromatic nitrogens is 1. The van der Waals surface area contributed by atoms with E-state index >= 15 is 0 Å². The van der Waals surface area contributed by atoms with Gasteiger partial charge in [0.1, 0.15) is 5.75 Å². The van der Waals surface area contributed by atoms with Crippen molar-refractivity contribution in [1.29, 1.82) is 0 Å². The van der Waals surface area contributed by atoms with E-state index in [0.717, 1.165) is 31.9 Å². The number of pyridine rings is 1. The van der Waals surface area contributed by atoms with Crippen LogP contribution >= 0.6 is 0 Å². The quantitative estimate of drug-likeness (QED) is 0.782. The number of rotatable bonds is 7. The first-order valence-corrected chi connectivity index (χ1v) is 8.36. The fourth-order valence-corrected chi connectivity index (χ4v) is 2.78. The van der Waals surface area contributed by atoms with Gasteiger partial charge in [0.15, 0.2) is 0 Å². The van der Waals surface area contributed by atoms with Crippen LogP contribution in [0.3, 0.4) is 0 Å². The number of nitrogens with one attached hydrogen (secondary N) is 1. The van der Waals surface area contributed by atoms with Crippen LogP contribution in [0.5, 0.6) is 5.75 Å². The minimum absolute atomic E-state index is 0.668. The van der Waals surface area contributed by atoms with E-state index in [1.165, 1.54) is 24.0 Å². The highest BCUT2D eigenvalue weighted by Gasteiger charge is 2.10. The maximum absolute atomic E-state index is 5.91. The van der Waals surface area contributed by atoms with Gasteiger partial charge >= 0.3 is 0 Å². The van der Waals surface area contributed by atoms with Crippen molar-refractivity contribution in [2.24, 2.45) is 5.92 Å². The van der Waals surface area contributed by atoms with E-state index in [4.69, 9.17) is 4.74 Å². The Hall–Kier alpha value is -2.13. The lowest BCUT2D eigenvalue weighted by molar-refractivity contribution is 0.239. The van der Waals surface area contributed by atoms with Crippen LogP contribution in [0, 0.1) is 5.92 Å². The second-order valence-corrected chi connectivity index (χ2v) is 6.06. The van der Waals surface area contributed by atoms with Crippen LogP contribution < -0.4 is 10.1 Å². The molecular formula is C20H24N2O. The summed E-state index contributed by atoms with van der Waals surface area (Å²) in [6, 6.07) is 12.5. The van der Waals surface area contributed by atoms with Crippen molar-refractivity contribution >= 4 is 0 Å². The number of allylic oxidation sites excluding steroid dienone is 2. The highest BCUT2D eigenvalue weighted by Crippen LogP contribution is 2.20. The van der Waals surface area contributed by atoms with E-state index in [-0.39, 0.29) is 0 Å². The molecule has 0 radical (unpaired) electrons. The second kappa shape index (κ2) is 8.49. The number of ether oxygens (including phenoxy) is 1. The molecule has 1 atom stereocenters. The summed E-state index contributed by atoms with van der Waals surface area (Å²) in [6.07, 6.45) is 11.8. The summed E-state index contributed by atoms with van der Waals surface area (Å²) in [7, 11) is 0. The van der Waals surface area contributed by atoms with Crippen molar-refractivity contribution in [3.8, 4) is 5.75 Å². The van der Waals surface area contributed by atoms with Crippen molar-refractivity contribution < 1.29 is 4.74 Å². The molecule has 3 nitrogen and oxygen atoms in total. The first-order chi connectivity index (χ1) is 11.4. The van der Waals surface area contributed by atoms with E-state index in [0.29, 0.717) is 5.92 Å². The van der Waals surface area contributed by atoms with Gasteiger partial charge in [-0.3, -0.25) is 4.98 Å². The molecule has 3 rings (SSSR count). The molecule has 1 aliphatic carbocycles. The van der Waals surface area contributed by atoms with Crippen molar-refractivity contribution in [2.75, 3.05) is 6.61 Å². The Kier molecular flexibility index (Phi) is 5.81. The smallest absolute Gasteiger partial charge is 0.119 e. The van der Waals surface area contributed by atoms with Gasteiger partial charge in [0, 0.05) is 25.5 Å². The SMILES string of the molecule is C1=CC[C@@H](COc2ccc(CNCc3ccncc3)cc2)CC1. The molecule has 2 aromatic rings. The number of benzene rings is 1. The van der Waals surface area contributed by atoms with Crippen LogP contribution in [-0.2, 0) is 13.1 Å². The van der Waals surface area contributed by atoms with Gasteiger partial charge in [0.2, 0.25) is 0 Å². The van der Waals surface area contributed by atoms with Crippen molar-refractivity contribution in [1.82, 2.24) is 10.3 Å². The molecule has 3 heteroatoms. The molecule has 23 heavy (non-hydrogen) atoms. The standard InChI is InChI=1S/C20H24N2O/c1-2-4-19(5-3-1)16-23-20-8-6-17(7-9-20)14-22-15-18-10-12-21-13-11-18/h1-2,6-13,19,22H,3-5,14-16H2/t19-/m1/s1. The van der Waals surface area contributed by atoms with Gasteiger partial charge in [0.25, 0.3) is 0 Å². The molecule has 120 valence electrons. The maximum Gasteiger partial charge on any atom is 0.119 e. The summed E-state index contributed by atoms with van der Waals surface area (Å²) in [5.74, 6) is 1.64. The van der Waals surface area contributed by atoms with Gasteiger partial charge in [-0.2, -0.15) is 0 Å². The molecule has 0 unspecified atom stereocenters. The molecule has 0 bridgehead atoms. The Labute approximate surface area is 138 Å². The first kappa shape index (κ1) is 15.8. The molecule has 0 saturated heterocycles. The lowest BCUT2D eigenvalue weighted by atomic mass is 9.95. The molecule has 0 amide bonds. The average molecular weight is 308 g/mol. The van der Waals surface area contributed by atoms with Crippen LogP contribution in [0.1, 0.15) is 30.4 Å². The zero-order valence-corrected chi connectivity index (χ0v) is 13.4. The van der Waals surface area contributed by atoms with Crippen LogP contribution in [0.25, 0.3) is 0 Å². The monoisotopic (exact) mass is 308 g/mol. The number of hydrogen-bond acceptors (Lipinski definition) is 3. The molecule has 0 spiro atoms. The molecule has 1 heterocycles. The van der Waals surface area contributed by atoms with E-state index < -0.39 is 0 Å². The lowest BCUT2D eigenvalue weighted by Gasteiger charge is -2.18. The molecule has 0 aliphatic heterocycles. The number of nitrogens with zero attached hydrogens (tertiary/aromatic N) is 1. The molecule has 1 aliphatic rings. The summed E-state index contributed by atoms with van der Waals surface area (Å²) < 4.78 is 5.91. The third-order valence-electron chi connectivity index (χ3n) is 4.19. The summed E-state index contributed by atoms with van der Waals surface area (Å²) >= 11 is 0. The normalized spacial score (nSPS) is 17.1. The Morgan fingerprint density at radius 1 is 0.957 bits per heavy atom. The van der Waals surface area contributed by atoms with E-state index in [1.54, 1.807) is 0 Å². The van der Waals surface area contributed by atoms with Gasteiger partial charge in [0.05, 0.1) is 6.61 Å². The third-order valence-corrected chi connectivity index (χ3v) is 4.19. The fourth-order valence-electron chi connectivity index (χ4n) is 2.78. The second-order valence-electron chi connectivity index (χ2n) is 6.06. The van der Waals surface area contributed by atoms with E-state index in [2.05, 4.69) is 46.7 Å². The van der Waals surface area contributed by atoms with E-state index in [1.807, 2.05) is 24.5 Å². The van der Waals surface area contributed by atoms with Crippen LogP contribution in [-0.4, -0.2) is 11.6 Å². The van der Waals surface area contributed by atoms with Gasteiger partial charge in [-0.05, 0) is 60.6 Å². The number of hydrogen-bond donors (Lipinski definition) is 1. The minimum Gasteiger partial charge on any atom is -0.493 e. The topological polar surface area (TPSA) is 34.1 Å². The molecule has 0 saturated carbocycles. The lowest BCUT2D eigenvalue weighted by Crippen LogP contribution is -2.14. The molecular weight excluding hydrogens is 284 g/mol. The summed E-state index contributed by atoms with van der Waals surface area (Å²) in [4.78, 5) is 4.03. The van der Waals surface area contributed by atoms with Crippen molar-refractivity contribution in [3.63, 3.8) is 0 Å². The zero-order chi connectivity index (χ0) is 15.7. The van der Waals surface area contributed by atoms with Gasteiger partial charge in [-0.1, -0.05) is 24.3 Å². The largest absolute Gasteiger partial charge is 0.493 e. The summed E-state index contributed by atoms with van der Waals surface area (Å²) in [5.41, 5.74) is 2.52. The van der Waals surface area contributed by atoms with Gasteiger partial charge in [-0.15, -0.1) is 0 Å². The van der Waals surface area contributed by atoms with Crippen LogP contribution in [0.2, 0.25) is 0 Å². The average Bonchev–Trinajstić information content (AvgIpc) is 2.63. The Morgan fingerprint density at radius 3 is 2.39 bits per heavy atom. The summed E-state index contributed by atoms with van der Waals surface area (Å²) in [6.45, 7) is 2.54. The summed E-state index contributed by atoms with van der Waals surface area (Å²) in [5, 5.41) is 3.44. The highest BCUT2D eigenvalue weighted by atomic mass is 16.5. The van der Waals surface area contributed by atoms with Gasteiger partial charge in [-0.25, -0.2) is 0 Å². The predicted octanol–water partition coefficient (Wildman–Crippen LogP) is 4.11. The Morgan fingerprint density at radius 2 is 1.70 bits per heavy atom. The van der Waals surface area contributed by atoms with Crippen LogP contribution in [0.4, 0.5) is 0 Å². The van der Waals surface area contributed by atoms with Gasteiger partial charge < -0.3 is 10.1 Å². The predicted molar refractivity (Wildman–Crippen MR) is 93.2 cm³/mol. The molecule has 1 aromatic carbocycles. The molecule has 0 fully saturated rings. The third kappa shape index (κ3) is 5.22. The Bertz CT molecular complexity index is 607.